The fourth-order valence-electron chi connectivity index (χ4n) is 3.39. The van der Waals surface area contributed by atoms with Crippen molar-refractivity contribution in [3.63, 3.8) is 0 Å². The lowest BCUT2D eigenvalue weighted by molar-refractivity contribution is 0.0502. The van der Waals surface area contributed by atoms with Crippen molar-refractivity contribution < 1.29 is 14.6 Å². The topological polar surface area (TPSA) is 93.1 Å². The van der Waals surface area contributed by atoms with Crippen LogP contribution in [-0.2, 0) is 18.3 Å². The zero-order chi connectivity index (χ0) is 20.4. The minimum atomic E-state index is -0.540. The number of aryl methyl sites for hydroxylation is 2. The zero-order valence-corrected chi connectivity index (χ0v) is 16.4. The molecule has 1 N–H and O–H groups in total. The van der Waals surface area contributed by atoms with E-state index in [2.05, 4.69) is 4.98 Å². The number of aliphatic hydroxyl groups excluding tert-OH is 1. The number of hydrogen-bond acceptors (Lipinski definition) is 5. The minimum absolute atomic E-state index is 0.0227. The number of benzene rings is 1. The molecular formula is C21H22N4O3. The Hall–Kier alpha value is -3.53. The predicted molar refractivity (Wildman–Crippen MR) is 106 cm³/mol. The van der Waals surface area contributed by atoms with Gasteiger partial charge in [-0.2, -0.15) is 5.26 Å². The van der Waals surface area contributed by atoms with Crippen LogP contribution in [0.1, 0.15) is 34.5 Å². The lowest BCUT2D eigenvalue weighted by Crippen LogP contribution is -2.11. The number of allylic oxidation sites excluding steroid dienone is 1. The molecule has 1 aromatic carbocycles. The molecule has 0 aliphatic carbocycles. The molecule has 0 fully saturated rings. The minimum Gasteiger partial charge on any atom is -0.507 e. The van der Waals surface area contributed by atoms with Crippen LogP contribution in [0.25, 0.3) is 16.6 Å². The van der Waals surface area contributed by atoms with E-state index in [1.807, 2.05) is 55.7 Å². The molecule has 0 spiro atoms. The summed E-state index contributed by atoms with van der Waals surface area (Å²) >= 11 is 0. The normalized spacial score (nSPS) is 12.0. The molecule has 0 bridgehead atoms. The first-order valence-electron chi connectivity index (χ1n) is 8.96. The van der Waals surface area contributed by atoms with Crippen molar-refractivity contribution in [3.05, 3.63) is 58.9 Å². The number of carbonyl (C=O) groups excluding carboxylic acids is 1. The standard InChI is InChI=1S/C21H22N4O3/c1-5-25-13(2)10-15(14(25)3)21(27)28-12-19(26)16(11-22)20-23-17-8-6-7-9-18(17)24(20)4/h6-10,26H,5,12H2,1-4H3/b19-16-. The first-order valence-corrected chi connectivity index (χ1v) is 8.96. The van der Waals surface area contributed by atoms with Crippen molar-refractivity contribution in [2.75, 3.05) is 6.61 Å². The van der Waals surface area contributed by atoms with Crippen LogP contribution in [0.5, 0.6) is 0 Å². The summed E-state index contributed by atoms with van der Waals surface area (Å²) in [6.45, 7) is 6.12. The number of fused-ring (bicyclic) bond motifs is 1. The van der Waals surface area contributed by atoms with Gasteiger partial charge in [0.1, 0.15) is 18.2 Å². The number of hydrogen-bond donors (Lipinski definition) is 1. The van der Waals surface area contributed by atoms with Gasteiger partial charge in [0.25, 0.3) is 0 Å². The molecule has 2 aromatic heterocycles. The summed E-state index contributed by atoms with van der Waals surface area (Å²) in [7, 11) is 1.76. The van der Waals surface area contributed by atoms with E-state index in [0.29, 0.717) is 16.9 Å². The molecule has 7 heteroatoms. The third-order valence-electron chi connectivity index (χ3n) is 4.86. The number of para-hydroxylation sites is 2. The van der Waals surface area contributed by atoms with Crippen LogP contribution in [0.4, 0.5) is 0 Å². The Morgan fingerprint density at radius 2 is 2.04 bits per heavy atom. The molecule has 7 nitrogen and oxygen atoms in total. The summed E-state index contributed by atoms with van der Waals surface area (Å²) < 4.78 is 8.98. The van der Waals surface area contributed by atoms with E-state index >= 15 is 0 Å². The number of aliphatic hydroxyl groups is 1. The first-order chi connectivity index (χ1) is 13.4. The molecule has 0 aliphatic rings. The van der Waals surface area contributed by atoms with Crippen molar-refractivity contribution in [1.29, 1.82) is 5.26 Å². The molecule has 0 amide bonds. The number of imidazole rings is 1. The van der Waals surface area contributed by atoms with E-state index in [4.69, 9.17) is 4.74 Å². The highest BCUT2D eigenvalue weighted by Crippen LogP contribution is 2.22. The third kappa shape index (κ3) is 3.25. The molecule has 2 heterocycles. The molecule has 144 valence electrons. The fourth-order valence-corrected chi connectivity index (χ4v) is 3.39. The average Bonchev–Trinajstić information content (AvgIpc) is 3.17. The van der Waals surface area contributed by atoms with Crippen molar-refractivity contribution >= 4 is 22.6 Å². The number of rotatable bonds is 5. The highest BCUT2D eigenvalue weighted by Gasteiger charge is 2.20. The SMILES string of the molecule is CCn1c(C)cc(C(=O)OC/C(O)=C(\C#N)c2nc3ccccc3n2C)c1C. The monoisotopic (exact) mass is 378 g/mol. The highest BCUT2D eigenvalue weighted by molar-refractivity contribution is 5.91. The molecular weight excluding hydrogens is 356 g/mol. The average molecular weight is 378 g/mol. The second-order valence-corrected chi connectivity index (χ2v) is 6.52. The maximum Gasteiger partial charge on any atom is 0.340 e. The van der Waals surface area contributed by atoms with Gasteiger partial charge in [-0.1, -0.05) is 12.1 Å². The summed E-state index contributed by atoms with van der Waals surface area (Å²) in [4.78, 5) is 16.8. The molecule has 0 radical (unpaired) electrons. The van der Waals surface area contributed by atoms with Gasteiger partial charge < -0.3 is 19.0 Å². The quantitative estimate of drug-likeness (QED) is 0.415. The van der Waals surface area contributed by atoms with Crippen LogP contribution in [0.15, 0.2) is 36.1 Å². The molecule has 0 saturated heterocycles. The Bertz CT molecular complexity index is 1130. The molecule has 0 saturated carbocycles. The van der Waals surface area contributed by atoms with Crippen LogP contribution < -0.4 is 0 Å². The van der Waals surface area contributed by atoms with Gasteiger partial charge in [0.05, 0.1) is 16.6 Å². The van der Waals surface area contributed by atoms with E-state index < -0.39 is 12.6 Å². The summed E-state index contributed by atoms with van der Waals surface area (Å²) in [5.74, 6) is -0.554. The van der Waals surface area contributed by atoms with Crippen LogP contribution in [-0.4, -0.2) is 31.8 Å². The Morgan fingerprint density at radius 3 is 2.64 bits per heavy atom. The molecule has 3 rings (SSSR count). The van der Waals surface area contributed by atoms with E-state index in [0.717, 1.165) is 23.4 Å². The van der Waals surface area contributed by atoms with Crippen molar-refractivity contribution in [2.24, 2.45) is 7.05 Å². The lowest BCUT2D eigenvalue weighted by atomic mass is 10.2. The number of nitrogens with zero attached hydrogens (tertiary/aromatic N) is 4. The Labute approximate surface area is 163 Å². The van der Waals surface area contributed by atoms with Crippen molar-refractivity contribution in [2.45, 2.75) is 27.3 Å². The molecule has 0 aliphatic heterocycles. The predicted octanol–water partition coefficient (Wildman–Crippen LogP) is 3.66. The number of esters is 1. The second kappa shape index (κ2) is 7.61. The Balaban J connectivity index is 1.86. The first kappa shape index (κ1) is 19.2. The van der Waals surface area contributed by atoms with Gasteiger partial charge >= 0.3 is 5.97 Å². The summed E-state index contributed by atoms with van der Waals surface area (Å²) in [5.41, 5.74) is 3.75. The van der Waals surface area contributed by atoms with Crippen LogP contribution in [0, 0.1) is 25.2 Å². The maximum atomic E-state index is 12.4. The Morgan fingerprint density at radius 1 is 1.32 bits per heavy atom. The van der Waals surface area contributed by atoms with Gasteiger partial charge in [-0.25, -0.2) is 9.78 Å². The molecule has 3 aromatic rings. The van der Waals surface area contributed by atoms with Gasteiger partial charge in [0.15, 0.2) is 11.6 Å². The number of carbonyl (C=O) groups is 1. The lowest BCUT2D eigenvalue weighted by Gasteiger charge is -2.08. The van der Waals surface area contributed by atoms with Gasteiger partial charge in [0, 0.05) is 25.0 Å². The zero-order valence-electron chi connectivity index (χ0n) is 16.4. The van der Waals surface area contributed by atoms with Crippen molar-refractivity contribution in [1.82, 2.24) is 14.1 Å². The van der Waals surface area contributed by atoms with Crippen molar-refractivity contribution in [3.8, 4) is 6.07 Å². The van der Waals surface area contributed by atoms with Gasteiger partial charge in [-0.05, 0) is 39.0 Å². The summed E-state index contributed by atoms with van der Waals surface area (Å²) in [6.07, 6.45) is 0. The van der Waals surface area contributed by atoms with E-state index in [-0.39, 0.29) is 11.3 Å². The molecule has 0 unspecified atom stereocenters. The van der Waals surface area contributed by atoms with E-state index in [1.165, 1.54) is 0 Å². The van der Waals surface area contributed by atoms with Crippen LogP contribution >= 0.6 is 0 Å². The van der Waals surface area contributed by atoms with Gasteiger partial charge in [0.2, 0.25) is 0 Å². The summed E-state index contributed by atoms with van der Waals surface area (Å²) in [5, 5.41) is 19.9. The molecule has 28 heavy (non-hydrogen) atoms. The number of nitriles is 1. The van der Waals surface area contributed by atoms with E-state index in [9.17, 15) is 15.2 Å². The number of ether oxygens (including phenoxy) is 1. The Kier molecular flexibility index (Phi) is 5.23. The maximum absolute atomic E-state index is 12.4. The van der Waals surface area contributed by atoms with Crippen LogP contribution in [0.2, 0.25) is 0 Å². The van der Waals surface area contributed by atoms with Gasteiger partial charge in [-0.15, -0.1) is 0 Å². The second-order valence-electron chi connectivity index (χ2n) is 6.52. The fraction of sp³-hybridized carbons (Fsp3) is 0.286. The number of aromatic nitrogens is 3. The van der Waals surface area contributed by atoms with E-state index in [1.54, 1.807) is 17.7 Å². The largest absolute Gasteiger partial charge is 0.507 e. The smallest absolute Gasteiger partial charge is 0.340 e. The van der Waals surface area contributed by atoms with Gasteiger partial charge in [-0.3, -0.25) is 0 Å². The van der Waals surface area contributed by atoms with Crippen LogP contribution in [0.3, 0.4) is 0 Å². The summed E-state index contributed by atoms with van der Waals surface area (Å²) in [6, 6.07) is 11.2. The molecule has 0 atom stereocenters. The third-order valence-corrected chi connectivity index (χ3v) is 4.86. The highest BCUT2D eigenvalue weighted by atomic mass is 16.5.